The monoisotopic (exact) mass is 498 g/mol. The van der Waals surface area contributed by atoms with Gasteiger partial charge in [0.25, 0.3) is 5.69 Å². The Bertz CT molecular complexity index is 1390. The zero-order chi connectivity index (χ0) is 24.2. The molecule has 0 saturated heterocycles. The SMILES string of the molecule is COc1ccc(NC(=O)CSc2nc3cc([N+](=O)[O-])ccc3n2-c2ccccc2OC)cc1Cl. The summed E-state index contributed by atoms with van der Waals surface area (Å²) in [7, 11) is 3.07. The average Bonchev–Trinajstić information content (AvgIpc) is 3.20. The highest BCUT2D eigenvalue weighted by molar-refractivity contribution is 7.99. The Morgan fingerprint density at radius 1 is 1.12 bits per heavy atom. The largest absolute Gasteiger partial charge is 0.495 e. The first-order valence-electron chi connectivity index (χ1n) is 9.97. The highest BCUT2D eigenvalue weighted by atomic mass is 35.5. The molecule has 4 rings (SSSR count). The van der Waals surface area contributed by atoms with Gasteiger partial charge >= 0.3 is 0 Å². The van der Waals surface area contributed by atoms with Crippen molar-refractivity contribution >= 4 is 51.7 Å². The molecule has 1 heterocycles. The van der Waals surface area contributed by atoms with Crippen molar-refractivity contribution in [2.75, 3.05) is 25.3 Å². The zero-order valence-corrected chi connectivity index (χ0v) is 19.7. The number of anilines is 1. The van der Waals surface area contributed by atoms with E-state index in [2.05, 4.69) is 10.3 Å². The van der Waals surface area contributed by atoms with E-state index in [0.717, 1.165) is 0 Å². The van der Waals surface area contributed by atoms with E-state index >= 15 is 0 Å². The van der Waals surface area contributed by atoms with Crippen LogP contribution in [0.25, 0.3) is 16.7 Å². The Morgan fingerprint density at radius 3 is 2.59 bits per heavy atom. The molecule has 0 aliphatic carbocycles. The molecule has 1 amide bonds. The summed E-state index contributed by atoms with van der Waals surface area (Å²) in [5, 5.41) is 14.9. The first-order chi connectivity index (χ1) is 16.4. The number of halogens is 1. The van der Waals surface area contributed by atoms with E-state index in [1.807, 2.05) is 22.8 Å². The van der Waals surface area contributed by atoms with Gasteiger partial charge in [0.05, 0.1) is 46.6 Å². The molecule has 0 bridgehead atoms. The lowest BCUT2D eigenvalue weighted by Crippen LogP contribution is -2.14. The minimum atomic E-state index is -0.470. The molecule has 34 heavy (non-hydrogen) atoms. The molecule has 9 nitrogen and oxygen atoms in total. The molecule has 4 aromatic rings. The number of ether oxygens (including phenoxy) is 2. The number of para-hydroxylation sites is 2. The van der Waals surface area contributed by atoms with Gasteiger partial charge in [0.2, 0.25) is 5.91 Å². The molecule has 0 aliphatic heterocycles. The maximum Gasteiger partial charge on any atom is 0.271 e. The molecule has 11 heteroatoms. The number of nitro groups is 1. The van der Waals surface area contributed by atoms with Crippen LogP contribution in [0.5, 0.6) is 11.5 Å². The van der Waals surface area contributed by atoms with Crippen molar-refractivity contribution in [3.63, 3.8) is 0 Å². The second kappa shape index (κ2) is 10.0. The molecule has 1 aromatic heterocycles. The van der Waals surface area contributed by atoms with Crippen LogP contribution in [0.2, 0.25) is 5.02 Å². The molecule has 0 unspecified atom stereocenters. The van der Waals surface area contributed by atoms with Crippen LogP contribution in [0, 0.1) is 10.1 Å². The third kappa shape index (κ3) is 4.78. The second-order valence-electron chi connectivity index (χ2n) is 7.02. The van der Waals surface area contributed by atoms with Gasteiger partial charge in [-0.1, -0.05) is 35.5 Å². The van der Waals surface area contributed by atoms with Crippen molar-refractivity contribution in [2.45, 2.75) is 5.16 Å². The van der Waals surface area contributed by atoms with E-state index in [0.29, 0.717) is 44.1 Å². The summed E-state index contributed by atoms with van der Waals surface area (Å²) in [6.45, 7) is 0. The number of non-ortho nitro benzene ring substituents is 1. The van der Waals surface area contributed by atoms with Crippen LogP contribution in [0.15, 0.2) is 65.8 Å². The molecule has 0 atom stereocenters. The third-order valence-electron chi connectivity index (χ3n) is 4.91. The van der Waals surface area contributed by atoms with E-state index in [1.165, 1.54) is 31.0 Å². The number of carbonyl (C=O) groups is 1. The van der Waals surface area contributed by atoms with E-state index in [-0.39, 0.29) is 17.3 Å². The highest BCUT2D eigenvalue weighted by Gasteiger charge is 2.19. The number of benzene rings is 3. The van der Waals surface area contributed by atoms with Crippen molar-refractivity contribution < 1.29 is 19.2 Å². The standard InChI is InChI=1S/C23H19ClN4O5S/c1-32-20-10-7-14(11-16(20)24)25-22(29)13-34-23-26-17-12-15(28(30)31)8-9-18(17)27(23)19-5-3-4-6-21(19)33-2/h3-12H,13H2,1-2H3,(H,25,29). The van der Waals surface area contributed by atoms with Gasteiger partial charge in [-0.05, 0) is 36.4 Å². The average molecular weight is 499 g/mol. The molecule has 1 N–H and O–H groups in total. The Labute approximate surface area is 203 Å². The summed E-state index contributed by atoms with van der Waals surface area (Å²) in [5.74, 6) is 0.883. The van der Waals surface area contributed by atoms with Crippen LogP contribution in [-0.4, -0.2) is 40.4 Å². The number of amides is 1. The number of carbonyl (C=O) groups excluding carboxylic acids is 1. The third-order valence-corrected chi connectivity index (χ3v) is 6.15. The van der Waals surface area contributed by atoms with Gasteiger partial charge in [0.1, 0.15) is 11.5 Å². The van der Waals surface area contributed by atoms with Gasteiger partial charge in [-0.3, -0.25) is 19.5 Å². The first-order valence-corrected chi connectivity index (χ1v) is 11.3. The molecular formula is C23H19ClN4O5S. The van der Waals surface area contributed by atoms with E-state index in [9.17, 15) is 14.9 Å². The minimum Gasteiger partial charge on any atom is -0.495 e. The topological polar surface area (TPSA) is 109 Å². The van der Waals surface area contributed by atoms with Gasteiger partial charge < -0.3 is 14.8 Å². The van der Waals surface area contributed by atoms with Crippen LogP contribution in [0.4, 0.5) is 11.4 Å². The number of nitro benzene ring substituents is 1. The molecule has 0 radical (unpaired) electrons. The second-order valence-corrected chi connectivity index (χ2v) is 8.37. The highest BCUT2D eigenvalue weighted by Crippen LogP contribution is 2.34. The van der Waals surface area contributed by atoms with Crippen LogP contribution >= 0.6 is 23.4 Å². The van der Waals surface area contributed by atoms with Gasteiger partial charge in [-0.2, -0.15) is 0 Å². The summed E-state index contributed by atoms with van der Waals surface area (Å²) in [6.07, 6.45) is 0. The van der Waals surface area contributed by atoms with E-state index in [1.54, 1.807) is 37.4 Å². The molecule has 0 aliphatic rings. The number of nitrogens with zero attached hydrogens (tertiary/aromatic N) is 3. The van der Waals surface area contributed by atoms with Crippen molar-refractivity contribution in [1.82, 2.24) is 9.55 Å². The van der Waals surface area contributed by atoms with Crippen LogP contribution in [0.3, 0.4) is 0 Å². The number of hydrogen-bond donors (Lipinski definition) is 1. The van der Waals surface area contributed by atoms with E-state index in [4.69, 9.17) is 21.1 Å². The summed E-state index contributed by atoms with van der Waals surface area (Å²) in [6, 6.07) is 16.8. The number of thioether (sulfide) groups is 1. The number of rotatable bonds is 8. The van der Waals surface area contributed by atoms with Gasteiger partial charge in [0.15, 0.2) is 5.16 Å². The maximum atomic E-state index is 12.6. The van der Waals surface area contributed by atoms with Gasteiger partial charge in [-0.15, -0.1) is 0 Å². The Kier molecular flexibility index (Phi) is 6.90. The van der Waals surface area contributed by atoms with Crippen molar-refractivity contribution in [3.05, 3.63) is 75.8 Å². The Hall–Kier alpha value is -3.76. The molecule has 174 valence electrons. The van der Waals surface area contributed by atoms with Crippen LogP contribution in [-0.2, 0) is 4.79 Å². The number of fused-ring (bicyclic) bond motifs is 1. The van der Waals surface area contributed by atoms with Crippen LogP contribution < -0.4 is 14.8 Å². The number of nitrogens with one attached hydrogen (secondary N) is 1. The smallest absolute Gasteiger partial charge is 0.271 e. The molecular weight excluding hydrogens is 480 g/mol. The number of hydrogen-bond acceptors (Lipinski definition) is 7. The summed E-state index contributed by atoms with van der Waals surface area (Å²) >= 11 is 7.33. The summed E-state index contributed by atoms with van der Waals surface area (Å²) in [4.78, 5) is 28.0. The molecule has 0 spiro atoms. The number of methoxy groups -OCH3 is 2. The lowest BCUT2D eigenvalue weighted by atomic mass is 10.2. The van der Waals surface area contributed by atoms with Crippen molar-refractivity contribution in [2.24, 2.45) is 0 Å². The molecule has 0 saturated carbocycles. The Morgan fingerprint density at radius 2 is 1.88 bits per heavy atom. The fourth-order valence-electron chi connectivity index (χ4n) is 3.38. The number of imidazole rings is 1. The minimum absolute atomic E-state index is 0.0458. The fraction of sp³-hybridized carbons (Fsp3) is 0.130. The lowest BCUT2D eigenvalue weighted by Gasteiger charge is -2.13. The first kappa shape index (κ1) is 23.4. The maximum absolute atomic E-state index is 12.6. The summed E-state index contributed by atoms with van der Waals surface area (Å²) < 4.78 is 12.4. The quantitative estimate of drug-likeness (QED) is 0.198. The van der Waals surface area contributed by atoms with Gasteiger partial charge in [0, 0.05) is 17.8 Å². The predicted molar refractivity (Wildman–Crippen MR) is 132 cm³/mol. The Balaban J connectivity index is 1.65. The summed E-state index contributed by atoms with van der Waals surface area (Å²) in [5.41, 5.74) is 2.25. The van der Waals surface area contributed by atoms with Crippen LogP contribution in [0.1, 0.15) is 0 Å². The normalized spacial score (nSPS) is 10.8. The predicted octanol–water partition coefficient (Wildman–Crippen LogP) is 5.34. The van der Waals surface area contributed by atoms with Gasteiger partial charge in [-0.25, -0.2) is 4.98 Å². The zero-order valence-electron chi connectivity index (χ0n) is 18.1. The molecule has 0 fully saturated rings. The lowest BCUT2D eigenvalue weighted by molar-refractivity contribution is -0.384. The van der Waals surface area contributed by atoms with E-state index < -0.39 is 4.92 Å². The molecule has 3 aromatic carbocycles. The fourth-order valence-corrected chi connectivity index (χ4v) is 4.45. The number of aromatic nitrogens is 2. The van der Waals surface area contributed by atoms with Crippen molar-refractivity contribution in [3.8, 4) is 17.2 Å². The van der Waals surface area contributed by atoms with Crippen molar-refractivity contribution in [1.29, 1.82) is 0 Å².